The number of carbonyl (C=O) groups is 2. The highest BCUT2D eigenvalue weighted by Gasteiger charge is 2.26. The molecule has 6 heteroatoms. The highest BCUT2D eigenvalue weighted by atomic mass is 16.5. The minimum atomic E-state index is -1.09. The molecule has 0 bridgehead atoms. The van der Waals surface area contributed by atoms with Crippen molar-refractivity contribution in [2.45, 2.75) is 19.4 Å². The molecule has 1 amide bonds. The molecule has 0 fully saturated rings. The molecule has 0 spiro atoms. The number of phenolic OH excluding ortho intramolecular Hbond substituents is 1. The summed E-state index contributed by atoms with van der Waals surface area (Å²) in [5.74, 6) is -1.42. The minimum Gasteiger partial charge on any atom is -0.506 e. The number of hydrogen-bond donors (Lipinski definition) is 1. The maximum atomic E-state index is 12.9. The maximum absolute atomic E-state index is 12.9. The highest BCUT2D eigenvalue weighted by molar-refractivity contribution is 6.03. The zero-order valence-electron chi connectivity index (χ0n) is 15.9. The van der Waals surface area contributed by atoms with Crippen molar-refractivity contribution in [2.75, 3.05) is 11.4 Å². The van der Waals surface area contributed by atoms with Crippen molar-refractivity contribution in [2.24, 2.45) is 0 Å². The molecule has 3 rings (SSSR count). The van der Waals surface area contributed by atoms with Crippen LogP contribution in [0.25, 0.3) is 10.8 Å². The van der Waals surface area contributed by atoms with Crippen LogP contribution in [0.15, 0.2) is 66.7 Å². The van der Waals surface area contributed by atoms with Gasteiger partial charge in [0.25, 0.3) is 5.91 Å². The van der Waals surface area contributed by atoms with Crippen molar-refractivity contribution in [3.05, 3.63) is 72.3 Å². The largest absolute Gasteiger partial charge is 0.506 e. The molecule has 0 saturated heterocycles. The first-order valence-electron chi connectivity index (χ1n) is 9.18. The van der Waals surface area contributed by atoms with Crippen LogP contribution in [0.3, 0.4) is 0 Å². The van der Waals surface area contributed by atoms with Crippen LogP contribution in [-0.2, 0) is 9.53 Å². The van der Waals surface area contributed by atoms with Crippen LogP contribution < -0.4 is 4.90 Å². The first-order chi connectivity index (χ1) is 14.0. The fourth-order valence-electron chi connectivity index (χ4n) is 3.05. The molecule has 0 aromatic heterocycles. The van der Waals surface area contributed by atoms with Crippen molar-refractivity contribution in [3.8, 4) is 11.8 Å². The smallest absolute Gasteiger partial charge is 0.342 e. The third-order valence-corrected chi connectivity index (χ3v) is 4.53. The van der Waals surface area contributed by atoms with Crippen molar-refractivity contribution < 1.29 is 19.4 Å². The van der Waals surface area contributed by atoms with Gasteiger partial charge in [-0.1, -0.05) is 48.5 Å². The Labute approximate surface area is 168 Å². The predicted molar refractivity (Wildman–Crippen MR) is 110 cm³/mol. The number of rotatable bonds is 6. The molecule has 0 radical (unpaired) electrons. The number of para-hydroxylation sites is 1. The van der Waals surface area contributed by atoms with Crippen molar-refractivity contribution in [3.63, 3.8) is 0 Å². The number of fused-ring (bicyclic) bond motifs is 1. The Balaban J connectivity index is 1.80. The van der Waals surface area contributed by atoms with Gasteiger partial charge in [-0.3, -0.25) is 4.79 Å². The van der Waals surface area contributed by atoms with Crippen LogP contribution in [0.5, 0.6) is 5.75 Å². The summed E-state index contributed by atoms with van der Waals surface area (Å²) in [6.07, 6.45) is -0.945. The van der Waals surface area contributed by atoms with E-state index in [0.717, 1.165) is 5.39 Å². The molecule has 0 aliphatic rings. The summed E-state index contributed by atoms with van der Waals surface area (Å²) < 4.78 is 5.34. The fourth-order valence-corrected chi connectivity index (χ4v) is 3.05. The molecule has 0 aliphatic heterocycles. The van der Waals surface area contributed by atoms with Crippen LogP contribution in [0.2, 0.25) is 0 Å². The lowest BCUT2D eigenvalue weighted by molar-refractivity contribution is -0.126. The summed E-state index contributed by atoms with van der Waals surface area (Å²) in [7, 11) is 0. The maximum Gasteiger partial charge on any atom is 0.342 e. The molecule has 1 atom stereocenters. The lowest BCUT2D eigenvalue weighted by Crippen LogP contribution is -2.40. The summed E-state index contributed by atoms with van der Waals surface area (Å²) >= 11 is 0. The molecule has 3 aromatic carbocycles. The zero-order valence-corrected chi connectivity index (χ0v) is 15.9. The number of anilines is 1. The Morgan fingerprint density at radius 2 is 1.76 bits per heavy atom. The molecule has 146 valence electrons. The molecule has 6 nitrogen and oxygen atoms in total. The summed E-state index contributed by atoms with van der Waals surface area (Å²) in [4.78, 5) is 26.9. The first kappa shape index (κ1) is 19.9. The number of hydrogen-bond acceptors (Lipinski definition) is 5. The molecular formula is C23H20N2O4. The van der Waals surface area contributed by atoms with Gasteiger partial charge in [-0.05, 0) is 30.5 Å². The van der Waals surface area contributed by atoms with Gasteiger partial charge in [-0.25, -0.2) is 4.79 Å². The molecule has 29 heavy (non-hydrogen) atoms. The number of nitrogens with zero attached hydrogens (tertiary/aromatic N) is 2. The van der Waals surface area contributed by atoms with Gasteiger partial charge < -0.3 is 14.7 Å². The molecule has 1 N–H and O–H groups in total. The van der Waals surface area contributed by atoms with E-state index < -0.39 is 18.0 Å². The van der Waals surface area contributed by atoms with E-state index in [1.807, 2.05) is 24.3 Å². The standard InChI is InChI=1S/C23H20N2O4/c1-16(22(27)25(15-7-14-24)18-9-3-2-4-10-18)29-23(28)20-13-12-17-8-5-6-11-19(17)21(20)26/h2-6,8-13,16,26H,7,15H2,1H3. The number of nitriles is 1. The minimum absolute atomic E-state index is 0.00774. The van der Waals surface area contributed by atoms with Crippen molar-refractivity contribution in [1.29, 1.82) is 5.26 Å². The van der Waals surface area contributed by atoms with Crippen LogP contribution in [0, 0.1) is 11.3 Å². The topological polar surface area (TPSA) is 90.6 Å². The van der Waals surface area contributed by atoms with E-state index in [4.69, 9.17) is 10.00 Å². The summed E-state index contributed by atoms with van der Waals surface area (Å²) in [6, 6.07) is 21.2. The lowest BCUT2D eigenvalue weighted by atomic mass is 10.1. The van der Waals surface area contributed by atoms with Crippen LogP contribution in [-0.4, -0.2) is 29.6 Å². The second-order valence-electron chi connectivity index (χ2n) is 6.46. The summed E-state index contributed by atoms with van der Waals surface area (Å²) in [6.45, 7) is 1.66. The van der Waals surface area contributed by atoms with E-state index >= 15 is 0 Å². The molecule has 3 aromatic rings. The van der Waals surface area contributed by atoms with Crippen LogP contribution in [0.4, 0.5) is 5.69 Å². The van der Waals surface area contributed by atoms with Gasteiger partial charge in [-0.2, -0.15) is 5.26 Å². The van der Waals surface area contributed by atoms with Gasteiger partial charge in [0.05, 0.1) is 12.5 Å². The average molecular weight is 388 g/mol. The predicted octanol–water partition coefficient (Wildman–Crippen LogP) is 4.04. The molecule has 0 saturated carbocycles. The van der Waals surface area contributed by atoms with E-state index in [2.05, 4.69) is 0 Å². The van der Waals surface area contributed by atoms with E-state index in [9.17, 15) is 14.7 Å². The normalized spacial score (nSPS) is 11.4. The number of aromatic hydroxyl groups is 1. The zero-order chi connectivity index (χ0) is 20.8. The summed E-state index contributed by atoms with van der Waals surface area (Å²) in [5.41, 5.74) is 0.607. The van der Waals surface area contributed by atoms with Gasteiger partial charge in [0, 0.05) is 17.6 Å². The third kappa shape index (κ3) is 4.36. The number of amides is 1. The Bertz CT molecular complexity index is 1070. The quantitative estimate of drug-likeness (QED) is 0.644. The summed E-state index contributed by atoms with van der Waals surface area (Å²) in [5, 5.41) is 20.7. The van der Waals surface area contributed by atoms with E-state index in [0.29, 0.717) is 11.1 Å². The Morgan fingerprint density at radius 1 is 1.07 bits per heavy atom. The Morgan fingerprint density at radius 3 is 2.48 bits per heavy atom. The van der Waals surface area contributed by atoms with Crippen LogP contribution >= 0.6 is 0 Å². The van der Waals surface area contributed by atoms with E-state index in [1.54, 1.807) is 42.5 Å². The molecular weight excluding hydrogens is 368 g/mol. The SMILES string of the molecule is CC(OC(=O)c1ccc2ccccc2c1O)C(=O)N(CCC#N)c1ccccc1. The van der Waals surface area contributed by atoms with Crippen molar-refractivity contribution >= 4 is 28.3 Å². The second-order valence-corrected chi connectivity index (χ2v) is 6.46. The van der Waals surface area contributed by atoms with Crippen molar-refractivity contribution in [1.82, 2.24) is 0 Å². The van der Waals surface area contributed by atoms with Gasteiger partial charge in [-0.15, -0.1) is 0 Å². The number of phenols is 1. The molecule has 0 aliphatic carbocycles. The van der Waals surface area contributed by atoms with E-state index in [-0.39, 0.29) is 24.3 Å². The first-order valence-corrected chi connectivity index (χ1v) is 9.18. The number of carbonyl (C=O) groups excluding carboxylic acids is 2. The van der Waals surface area contributed by atoms with E-state index in [1.165, 1.54) is 17.9 Å². The molecule has 1 unspecified atom stereocenters. The monoisotopic (exact) mass is 388 g/mol. The lowest BCUT2D eigenvalue weighted by Gasteiger charge is -2.25. The number of esters is 1. The second kappa shape index (κ2) is 8.89. The highest BCUT2D eigenvalue weighted by Crippen LogP contribution is 2.29. The van der Waals surface area contributed by atoms with Gasteiger partial charge >= 0.3 is 5.97 Å². The number of ether oxygens (including phenoxy) is 1. The van der Waals surface area contributed by atoms with Gasteiger partial charge in [0.15, 0.2) is 6.10 Å². The van der Waals surface area contributed by atoms with Crippen LogP contribution in [0.1, 0.15) is 23.7 Å². The molecule has 0 heterocycles. The Hall–Kier alpha value is -3.85. The fraction of sp³-hybridized carbons (Fsp3) is 0.174. The third-order valence-electron chi connectivity index (χ3n) is 4.53. The van der Waals surface area contributed by atoms with Gasteiger partial charge in [0.1, 0.15) is 11.3 Å². The Kier molecular flexibility index (Phi) is 6.10. The average Bonchev–Trinajstić information content (AvgIpc) is 2.75. The number of benzene rings is 3. The van der Waals surface area contributed by atoms with Gasteiger partial charge in [0.2, 0.25) is 0 Å².